The molecule has 0 aliphatic heterocycles. The molecule has 0 N–H and O–H groups in total. The van der Waals surface area contributed by atoms with Gasteiger partial charge in [0.2, 0.25) is 5.75 Å². The minimum Gasteiger partial charge on any atom is -0.493 e. The Hall–Kier alpha value is -3.27. The Balaban J connectivity index is 2.36. The second-order valence-corrected chi connectivity index (χ2v) is 5.41. The molecule has 7 heteroatoms. The van der Waals surface area contributed by atoms with E-state index in [2.05, 4.69) is 11.1 Å². The van der Waals surface area contributed by atoms with Crippen LogP contribution < -0.4 is 14.2 Å². The first-order chi connectivity index (χ1) is 12.6. The Morgan fingerprint density at radius 2 is 1.88 bits per heavy atom. The van der Waals surface area contributed by atoms with Crippen molar-refractivity contribution in [1.82, 2.24) is 9.88 Å². The standard InChI is InChI=1S/C19H21N3O4/c1-24-16-10-15(11-17(25-2)18(16)26-3)19(23)22(9-5-7-20)13-14-6-4-8-21-12-14/h4,6,8,10-12H,5,9,13H2,1-3H3. The molecule has 2 aromatic rings. The first-order valence-electron chi connectivity index (χ1n) is 7.99. The van der Waals surface area contributed by atoms with Crippen LogP contribution in [-0.4, -0.2) is 43.7 Å². The maximum absolute atomic E-state index is 13.0. The van der Waals surface area contributed by atoms with Gasteiger partial charge in [-0.25, -0.2) is 0 Å². The molecule has 1 aromatic carbocycles. The van der Waals surface area contributed by atoms with Crippen LogP contribution in [0.3, 0.4) is 0 Å². The van der Waals surface area contributed by atoms with Crippen LogP contribution in [0, 0.1) is 11.3 Å². The lowest BCUT2D eigenvalue weighted by molar-refractivity contribution is 0.0746. The summed E-state index contributed by atoms with van der Waals surface area (Å²) in [5.74, 6) is 0.986. The van der Waals surface area contributed by atoms with E-state index >= 15 is 0 Å². The fourth-order valence-corrected chi connectivity index (χ4v) is 2.54. The molecule has 0 spiro atoms. The van der Waals surface area contributed by atoms with Gasteiger partial charge in [0.15, 0.2) is 11.5 Å². The first kappa shape index (κ1) is 19.1. The average molecular weight is 355 g/mol. The fraction of sp³-hybridized carbons (Fsp3) is 0.316. The summed E-state index contributed by atoms with van der Waals surface area (Å²) in [5.41, 5.74) is 1.27. The van der Waals surface area contributed by atoms with Gasteiger partial charge in [-0.15, -0.1) is 0 Å². The topological polar surface area (TPSA) is 84.7 Å². The zero-order chi connectivity index (χ0) is 18.9. The molecule has 1 heterocycles. The number of amides is 1. The molecule has 0 aliphatic carbocycles. The number of nitriles is 1. The number of ether oxygens (including phenoxy) is 3. The van der Waals surface area contributed by atoms with Gasteiger partial charge in [0, 0.05) is 31.0 Å². The van der Waals surface area contributed by atoms with Gasteiger partial charge < -0.3 is 19.1 Å². The Bertz CT molecular complexity index is 762. The van der Waals surface area contributed by atoms with Crippen molar-refractivity contribution in [3.8, 4) is 23.3 Å². The summed E-state index contributed by atoms with van der Waals surface area (Å²) in [6.07, 6.45) is 3.60. The van der Waals surface area contributed by atoms with Crippen LogP contribution in [0.2, 0.25) is 0 Å². The number of rotatable bonds is 8. The number of methoxy groups -OCH3 is 3. The summed E-state index contributed by atoms with van der Waals surface area (Å²) < 4.78 is 15.9. The van der Waals surface area contributed by atoms with Crippen molar-refractivity contribution in [3.05, 3.63) is 47.8 Å². The van der Waals surface area contributed by atoms with Crippen molar-refractivity contribution >= 4 is 5.91 Å². The Morgan fingerprint density at radius 1 is 1.19 bits per heavy atom. The predicted octanol–water partition coefficient (Wildman–Crippen LogP) is 2.66. The number of nitrogens with zero attached hydrogens (tertiary/aromatic N) is 3. The van der Waals surface area contributed by atoms with Gasteiger partial charge in [0.1, 0.15) is 0 Å². The fourth-order valence-electron chi connectivity index (χ4n) is 2.54. The molecular formula is C19H21N3O4. The third-order valence-electron chi connectivity index (χ3n) is 3.79. The molecule has 2 rings (SSSR count). The molecule has 136 valence electrons. The van der Waals surface area contributed by atoms with Crippen LogP contribution in [0.15, 0.2) is 36.7 Å². The van der Waals surface area contributed by atoms with Crippen LogP contribution in [0.4, 0.5) is 0 Å². The third kappa shape index (κ3) is 4.42. The number of carbonyl (C=O) groups is 1. The molecule has 1 amide bonds. The van der Waals surface area contributed by atoms with Gasteiger partial charge in [0.05, 0.1) is 33.8 Å². The average Bonchev–Trinajstić information content (AvgIpc) is 2.70. The summed E-state index contributed by atoms with van der Waals surface area (Å²) in [7, 11) is 4.49. The predicted molar refractivity (Wildman–Crippen MR) is 95.3 cm³/mol. The summed E-state index contributed by atoms with van der Waals surface area (Å²) >= 11 is 0. The van der Waals surface area contributed by atoms with Crippen LogP contribution in [0.1, 0.15) is 22.3 Å². The Kier molecular flexibility index (Phi) is 6.80. The molecule has 26 heavy (non-hydrogen) atoms. The molecule has 7 nitrogen and oxygen atoms in total. The molecule has 0 aliphatic rings. The number of hydrogen-bond donors (Lipinski definition) is 0. The molecule has 0 radical (unpaired) electrons. The van der Waals surface area contributed by atoms with Crippen molar-refractivity contribution in [3.63, 3.8) is 0 Å². The molecule has 0 atom stereocenters. The monoisotopic (exact) mass is 355 g/mol. The van der Waals surface area contributed by atoms with E-state index in [1.54, 1.807) is 29.4 Å². The lowest BCUT2D eigenvalue weighted by atomic mass is 10.1. The largest absolute Gasteiger partial charge is 0.493 e. The SMILES string of the molecule is COc1cc(C(=O)N(CCC#N)Cc2cccnc2)cc(OC)c1OC. The number of benzene rings is 1. The zero-order valence-corrected chi connectivity index (χ0v) is 15.1. The second-order valence-electron chi connectivity index (χ2n) is 5.41. The van der Waals surface area contributed by atoms with E-state index in [4.69, 9.17) is 19.5 Å². The van der Waals surface area contributed by atoms with Crippen molar-refractivity contribution in [1.29, 1.82) is 5.26 Å². The summed E-state index contributed by atoms with van der Waals surface area (Å²) in [6.45, 7) is 0.659. The molecule has 0 bridgehead atoms. The van der Waals surface area contributed by atoms with Gasteiger partial charge in [-0.05, 0) is 23.8 Å². The second kappa shape index (κ2) is 9.28. The first-order valence-corrected chi connectivity index (χ1v) is 7.99. The maximum Gasteiger partial charge on any atom is 0.254 e. The molecule has 0 saturated carbocycles. The van der Waals surface area contributed by atoms with E-state index < -0.39 is 0 Å². The van der Waals surface area contributed by atoms with Crippen LogP contribution >= 0.6 is 0 Å². The number of carbonyl (C=O) groups excluding carboxylic acids is 1. The Morgan fingerprint density at radius 3 is 2.38 bits per heavy atom. The highest BCUT2D eigenvalue weighted by atomic mass is 16.5. The van der Waals surface area contributed by atoms with Crippen molar-refractivity contribution in [2.24, 2.45) is 0 Å². The van der Waals surface area contributed by atoms with Crippen LogP contribution in [-0.2, 0) is 6.54 Å². The van der Waals surface area contributed by atoms with Gasteiger partial charge in [0.25, 0.3) is 5.91 Å². The van der Waals surface area contributed by atoms with Gasteiger partial charge >= 0.3 is 0 Å². The maximum atomic E-state index is 13.0. The lowest BCUT2D eigenvalue weighted by Gasteiger charge is -2.23. The van der Waals surface area contributed by atoms with E-state index in [0.717, 1.165) is 5.56 Å². The molecule has 0 saturated heterocycles. The highest BCUT2D eigenvalue weighted by Crippen LogP contribution is 2.38. The minimum absolute atomic E-state index is 0.233. The summed E-state index contributed by atoms with van der Waals surface area (Å²) in [6, 6.07) is 8.97. The number of aromatic nitrogens is 1. The number of pyridine rings is 1. The smallest absolute Gasteiger partial charge is 0.254 e. The van der Waals surface area contributed by atoms with E-state index in [0.29, 0.717) is 35.9 Å². The van der Waals surface area contributed by atoms with Crippen LogP contribution in [0.5, 0.6) is 17.2 Å². The van der Waals surface area contributed by atoms with Crippen molar-refractivity contribution in [2.45, 2.75) is 13.0 Å². The lowest BCUT2D eigenvalue weighted by Crippen LogP contribution is -2.31. The minimum atomic E-state index is -0.233. The molecule has 1 aromatic heterocycles. The molecule has 0 unspecified atom stereocenters. The van der Waals surface area contributed by atoms with E-state index in [9.17, 15) is 4.79 Å². The summed E-state index contributed by atoms with van der Waals surface area (Å²) in [5, 5.41) is 8.91. The van der Waals surface area contributed by atoms with Crippen molar-refractivity contribution < 1.29 is 19.0 Å². The van der Waals surface area contributed by atoms with Crippen molar-refractivity contribution in [2.75, 3.05) is 27.9 Å². The van der Waals surface area contributed by atoms with Gasteiger partial charge in [-0.3, -0.25) is 9.78 Å². The van der Waals surface area contributed by atoms with E-state index in [1.165, 1.54) is 21.3 Å². The van der Waals surface area contributed by atoms with Gasteiger partial charge in [-0.1, -0.05) is 6.07 Å². The van der Waals surface area contributed by atoms with E-state index in [1.807, 2.05) is 12.1 Å². The molecular weight excluding hydrogens is 334 g/mol. The van der Waals surface area contributed by atoms with Gasteiger partial charge in [-0.2, -0.15) is 5.26 Å². The molecule has 0 fully saturated rings. The number of hydrogen-bond acceptors (Lipinski definition) is 6. The summed E-state index contributed by atoms with van der Waals surface area (Å²) in [4.78, 5) is 18.7. The normalized spacial score (nSPS) is 9.92. The third-order valence-corrected chi connectivity index (χ3v) is 3.79. The highest BCUT2D eigenvalue weighted by Gasteiger charge is 2.21. The highest BCUT2D eigenvalue weighted by molar-refractivity contribution is 5.95. The zero-order valence-electron chi connectivity index (χ0n) is 15.1. The van der Waals surface area contributed by atoms with Crippen LogP contribution in [0.25, 0.3) is 0 Å². The van der Waals surface area contributed by atoms with E-state index in [-0.39, 0.29) is 12.3 Å². The quantitative estimate of drug-likeness (QED) is 0.724. The Labute approximate surface area is 152 Å².